The number of carbonyl (C=O) groups is 1. The number of aryl methyl sites for hydroxylation is 1. The van der Waals surface area contributed by atoms with Crippen LogP contribution >= 0.6 is 0 Å². The van der Waals surface area contributed by atoms with Gasteiger partial charge in [0.2, 0.25) is 5.91 Å². The van der Waals surface area contributed by atoms with E-state index in [9.17, 15) is 4.79 Å². The van der Waals surface area contributed by atoms with Crippen molar-refractivity contribution < 1.29 is 9.53 Å². The van der Waals surface area contributed by atoms with E-state index in [4.69, 9.17) is 4.74 Å². The van der Waals surface area contributed by atoms with Crippen molar-refractivity contribution in [1.82, 2.24) is 15.5 Å². The van der Waals surface area contributed by atoms with E-state index in [1.165, 1.54) is 5.56 Å². The van der Waals surface area contributed by atoms with Crippen LogP contribution in [0, 0.1) is 0 Å². The van der Waals surface area contributed by atoms with Gasteiger partial charge in [0.05, 0.1) is 18.7 Å². The minimum absolute atomic E-state index is 0.0632. The third-order valence-electron chi connectivity index (χ3n) is 4.45. The van der Waals surface area contributed by atoms with E-state index in [0.717, 1.165) is 55.7 Å². The van der Waals surface area contributed by atoms with Gasteiger partial charge in [-0.3, -0.25) is 9.89 Å². The molecule has 2 aromatic rings. The van der Waals surface area contributed by atoms with Gasteiger partial charge in [0.25, 0.3) is 0 Å². The highest BCUT2D eigenvalue weighted by molar-refractivity contribution is 5.84. The smallest absolute Gasteiger partial charge is 0.227 e. The van der Waals surface area contributed by atoms with Crippen molar-refractivity contribution in [1.29, 1.82) is 0 Å². The summed E-state index contributed by atoms with van der Waals surface area (Å²) in [5.74, 6) is 0.943. The third kappa shape index (κ3) is 3.96. The van der Waals surface area contributed by atoms with Crippen LogP contribution in [-0.2, 0) is 17.6 Å². The van der Waals surface area contributed by atoms with Gasteiger partial charge in [-0.05, 0) is 49.8 Å². The predicted molar refractivity (Wildman–Crippen MR) is 93.2 cm³/mol. The molecule has 1 aromatic heterocycles. The Bertz CT molecular complexity index is 681. The van der Waals surface area contributed by atoms with Crippen LogP contribution < -0.4 is 10.1 Å². The highest BCUT2D eigenvalue weighted by atomic mass is 16.5. The summed E-state index contributed by atoms with van der Waals surface area (Å²) >= 11 is 0. The van der Waals surface area contributed by atoms with E-state index in [1.54, 1.807) is 6.20 Å². The van der Waals surface area contributed by atoms with Gasteiger partial charge in [-0.25, -0.2) is 0 Å². The summed E-state index contributed by atoms with van der Waals surface area (Å²) in [6.45, 7) is 3.46. The lowest BCUT2D eigenvalue weighted by Crippen LogP contribution is -2.32. The quantitative estimate of drug-likeness (QED) is 0.821. The normalized spacial score (nSPS) is 16.5. The molecule has 5 nitrogen and oxygen atoms in total. The zero-order valence-electron chi connectivity index (χ0n) is 14.2. The summed E-state index contributed by atoms with van der Waals surface area (Å²) < 4.78 is 5.65. The molecular formula is C19H25N3O2. The number of benzene rings is 1. The molecule has 2 N–H and O–H groups in total. The van der Waals surface area contributed by atoms with Gasteiger partial charge in [-0.15, -0.1) is 0 Å². The van der Waals surface area contributed by atoms with E-state index >= 15 is 0 Å². The molecule has 1 heterocycles. The second kappa shape index (κ2) is 7.99. The van der Waals surface area contributed by atoms with Crippen LogP contribution in [0.15, 0.2) is 30.5 Å². The summed E-state index contributed by atoms with van der Waals surface area (Å²) in [7, 11) is 0. The second-order valence-electron chi connectivity index (χ2n) is 6.29. The molecule has 1 aromatic carbocycles. The lowest BCUT2D eigenvalue weighted by Gasteiger charge is -2.21. The molecule has 0 aliphatic heterocycles. The molecule has 3 rings (SSSR count). The molecule has 0 radical (unpaired) electrons. The molecule has 24 heavy (non-hydrogen) atoms. The Morgan fingerprint density at radius 3 is 3.25 bits per heavy atom. The summed E-state index contributed by atoms with van der Waals surface area (Å²) in [6, 6.07) is 8.09. The van der Waals surface area contributed by atoms with Crippen LogP contribution in [0.3, 0.4) is 0 Å². The van der Waals surface area contributed by atoms with Gasteiger partial charge in [0.1, 0.15) is 5.75 Å². The Morgan fingerprint density at radius 1 is 1.46 bits per heavy atom. The number of nitrogens with one attached hydrogen (secondary N) is 2. The molecule has 1 aliphatic rings. The molecule has 128 valence electrons. The minimum atomic E-state index is -0.0632. The Morgan fingerprint density at radius 2 is 2.38 bits per heavy atom. The van der Waals surface area contributed by atoms with Gasteiger partial charge in [0.15, 0.2) is 0 Å². The monoisotopic (exact) mass is 327 g/mol. The van der Waals surface area contributed by atoms with E-state index in [-0.39, 0.29) is 11.8 Å². The van der Waals surface area contributed by atoms with E-state index < -0.39 is 0 Å². The summed E-state index contributed by atoms with van der Waals surface area (Å²) in [5, 5.41) is 10.2. The number of carbonyl (C=O) groups excluding carboxylic acids is 1. The first-order valence-electron chi connectivity index (χ1n) is 8.79. The lowest BCUT2D eigenvalue weighted by atomic mass is 9.86. The zero-order chi connectivity index (χ0) is 16.8. The van der Waals surface area contributed by atoms with E-state index in [0.29, 0.717) is 6.54 Å². The van der Waals surface area contributed by atoms with Crippen LogP contribution in [0.5, 0.6) is 5.75 Å². The summed E-state index contributed by atoms with van der Waals surface area (Å²) in [5.41, 5.74) is 3.35. The molecule has 1 amide bonds. The number of ether oxygens (including phenoxy) is 1. The molecule has 0 bridgehead atoms. The van der Waals surface area contributed by atoms with Gasteiger partial charge < -0.3 is 10.1 Å². The van der Waals surface area contributed by atoms with Crippen molar-refractivity contribution in [2.75, 3.05) is 13.2 Å². The molecule has 0 saturated carbocycles. The SMILES string of the molecule is CCCOc1cccc(CCNC(=O)C2CCCc3[nH]ncc32)c1. The van der Waals surface area contributed by atoms with Crippen LogP contribution in [0.25, 0.3) is 0 Å². The molecular weight excluding hydrogens is 302 g/mol. The Labute approximate surface area is 142 Å². The van der Waals surface area contributed by atoms with Crippen molar-refractivity contribution in [2.24, 2.45) is 0 Å². The maximum atomic E-state index is 12.5. The minimum Gasteiger partial charge on any atom is -0.494 e. The van der Waals surface area contributed by atoms with Gasteiger partial charge in [-0.1, -0.05) is 19.1 Å². The molecule has 5 heteroatoms. The number of aromatic amines is 1. The standard InChI is InChI=1S/C19H25N3O2/c1-2-11-24-15-6-3-5-14(12-15)9-10-20-19(23)16-7-4-8-18-17(16)13-21-22-18/h3,5-6,12-13,16H,2,4,7-11H2,1H3,(H,20,23)(H,21,22). The van der Waals surface area contributed by atoms with Crippen LogP contribution in [0.1, 0.15) is 48.9 Å². The summed E-state index contributed by atoms with van der Waals surface area (Å²) in [4.78, 5) is 12.5. The fourth-order valence-corrected chi connectivity index (χ4v) is 3.20. The second-order valence-corrected chi connectivity index (χ2v) is 6.29. The fraction of sp³-hybridized carbons (Fsp3) is 0.474. The van der Waals surface area contributed by atoms with Crippen molar-refractivity contribution in [3.8, 4) is 5.75 Å². The first-order valence-corrected chi connectivity index (χ1v) is 8.79. The Hall–Kier alpha value is -2.30. The fourth-order valence-electron chi connectivity index (χ4n) is 3.20. The average molecular weight is 327 g/mol. The first-order chi connectivity index (χ1) is 11.8. The average Bonchev–Trinajstić information content (AvgIpc) is 3.09. The highest BCUT2D eigenvalue weighted by Crippen LogP contribution is 2.30. The van der Waals surface area contributed by atoms with Gasteiger partial charge in [0, 0.05) is 17.8 Å². The molecule has 1 unspecified atom stereocenters. The third-order valence-corrected chi connectivity index (χ3v) is 4.45. The van der Waals surface area contributed by atoms with Crippen LogP contribution in [-0.4, -0.2) is 29.3 Å². The number of H-pyrrole nitrogens is 1. The van der Waals surface area contributed by atoms with E-state index in [2.05, 4.69) is 34.6 Å². The zero-order valence-corrected chi connectivity index (χ0v) is 14.2. The van der Waals surface area contributed by atoms with Crippen molar-refractivity contribution in [2.45, 2.75) is 44.9 Å². The van der Waals surface area contributed by atoms with Gasteiger partial charge in [-0.2, -0.15) is 5.10 Å². The summed E-state index contributed by atoms with van der Waals surface area (Å²) in [6.07, 6.45) is 6.53. The Balaban J connectivity index is 1.51. The van der Waals surface area contributed by atoms with Crippen molar-refractivity contribution in [3.63, 3.8) is 0 Å². The molecule has 1 atom stereocenters. The molecule has 1 aliphatic carbocycles. The van der Waals surface area contributed by atoms with Crippen molar-refractivity contribution >= 4 is 5.91 Å². The van der Waals surface area contributed by atoms with Crippen LogP contribution in [0.2, 0.25) is 0 Å². The van der Waals surface area contributed by atoms with Crippen molar-refractivity contribution in [3.05, 3.63) is 47.3 Å². The maximum Gasteiger partial charge on any atom is 0.227 e. The van der Waals surface area contributed by atoms with Gasteiger partial charge >= 0.3 is 0 Å². The van der Waals surface area contributed by atoms with Crippen LogP contribution in [0.4, 0.5) is 0 Å². The number of amides is 1. The first kappa shape index (κ1) is 16.6. The predicted octanol–water partition coefficient (Wildman–Crippen LogP) is 2.98. The lowest BCUT2D eigenvalue weighted by molar-refractivity contribution is -0.122. The number of hydrogen-bond acceptors (Lipinski definition) is 3. The maximum absolute atomic E-state index is 12.5. The largest absolute Gasteiger partial charge is 0.494 e. The highest BCUT2D eigenvalue weighted by Gasteiger charge is 2.27. The number of nitrogens with zero attached hydrogens (tertiary/aromatic N) is 1. The van der Waals surface area contributed by atoms with E-state index in [1.807, 2.05) is 12.1 Å². The molecule has 0 fully saturated rings. The molecule has 0 spiro atoms. The topological polar surface area (TPSA) is 67.0 Å². The number of rotatable bonds is 7. The molecule has 0 saturated heterocycles. The number of fused-ring (bicyclic) bond motifs is 1. The number of aromatic nitrogens is 2. The number of hydrogen-bond donors (Lipinski definition) is 2. The Kier molecular flexibility index (Phi) is 5.51.